The fourth-order valence-electron chi connectivity index (χ4n) is 2.54. The van der Waals surface area contributed by atoms with Crippen LogP contribution in [-0.4, -0.2) is 17.6 Å². The summed E-state index contributed by atoms with van der Waals surface area (Å²) in [5.41, 5.74) is 4.23. The van der Waals surface area contributed by atoms with Gasteiger partial charge in [-0.15, -0.1) is 0 Å². The number of aromatic nitrogens is 1. The van der Waals surface area contributed by atoms with Gasteiger partial charge in [0.05, 0.1) is 12.1 Å². The molecule has 0 unspecified atom stereocenters. The molecule has 0 N–H and O–H groups in total. The summed E-state index contributed by atoms with van der Waals surface area (Å²) in [5, 5.41) is 3.87. The number of rotatable bonds is 2. The average molecular weight is 256 g/mol. The van der Waals surface area contributed by atoms with Crippen LogP contribution in [0.3, 0.4) is 0 Å². The summed E-state index contributed by atoms with van der Waals surface area (Å²) in [4.78, 5) is 14.2. The van der Waals surface area contributed by atoms with Gasteiger partial charge in [0.15, 0.2) is 0 Å². The van der Waals surface area contributed by atoms with Crippen LogP contribution in [0.2, 0.25) is 0 Å². The Morgan fingerprint density at radius 3 is 2.95 bits per heavy atom. The van der Waals surface area contributed by atoms with E-state index >= 15 is 0 Å². The fourth-order valence-corrected chi connectivity index (χ4v) is 2.54. The minimum absolute atomic E-state index is 0.0795. The second-order valence-corrected chi connectivity index (χ2v) is 5.03. The number of hydrogen-bond donors (Lipinski definition) is 0. The third-order valence-electron chi connectivity index (χ3n) is 3.44. The zero-order chi connectivity index (χ0) is 13.4. The number of benzene rings is 1. The molecule has 0 bridgehead atoms. The van der Waals surface area contributed by atoms with Crippen LogP contribution in [-0.2, 0) is 17.6 Å². The van der Waals surface area contributed by atoms with E-state index in [9.17, 15) is 4.79 Å². The number of amides is 1. The topological polar surface area (TPSA) is 46.3 Å². The van der Waals surface area contributed by atoms with Crippen molar-refractivity contribution in [3.05, 3.63) is 46.8 Å². The molecule has 0 spiro atoms. The van der Waals surface area contributed by atoms with E-state index in [0.717, 1.165) is 24.4 Å². The lowest BCUT2D eigenvalue weighted by atomic mass is 10.1. The SMILES string of the molecule is Cc1ccc2c(c1)CCN2C(=O)Cc1cc(C)on1. The molecule has 1 amide bonds. The quantitative estimate of drug-likeness (QED) is 0.829. The molecule has 1 aromatic carbocycles. The van der Waals surface area contributed by atoms with Gasteiger partial charge in [-0.25, -0.2) is 0 Å². The molecule has 1 aliphatic heterocycles. The maximum Gasteiger partial charge on any atom is 0.233 e. The molecule has 0 radical (unpaired) electrons. The molecule has 2 aromatic rings. The summed E-state index contributed by atoms with van der Waals surface area (Å²) in [6.45, 7) is 4.66. The summed E-state index contributed by atoms with van der Waals surface area (Å²) in [6.07, 6.45) is 1.23. The third kappa shape index (κ3) is 2.26. The van der Waals surface area contributed by atoms with Crippen LogP contribution in [0.5, 0.6) is 0 Å². The van der Waals surface area contributed by atoms with Gasteiger partial charge >= 0.3 is 0 Å². The van der Waals surface area contributed by atoms with Crippen LogP contribution in [0, 0.1) is 13.8 Å². The number of anilines is 1. The Morgan fingerprint density at radius 1 is 1.37 bits per heavy atom. The number of fused-ring (bicyclic) bond motifs is 1. The van der Waals surface area contributed by atoms with Crippen LogP contribution in [0.25, 0.3) is 0 Å². The van der Waals surface area contributed by atoms with Crippen LogP contribution >= 0.6 is 0 Å². The Morgan fingerprint density at radius 2 is 2.21 bits per heavy atom. The van der Waals surface area contributed by atoms with Gasteiger partial charge in [-0.1, -0.05) is 22.9 Å². The molecule has 1 aromatic heterocycles. The normalized spacial score (nSPS) is 13.7. The lowest BCUT2D eigenvalue weighted by Gasteiger charge is -2.16. The highest BCUT2D eigenvalue weighted by atomic mass is 16.5. The first-order valence-electron chi connectivity index (χ1n) is 6.45. The summed E-state index contributed by atoms with van der Waals surface area (Å²) in [5.74, 6) is 0.816. The molecule has 0 saturated carbocycles. The smallest absolute Gasteiger partial charge is 0.233 e. The van der Waals surface area contributed by atoms with E-state index in [1.807, 2.05) is 30.0 Å². The summed E-state index contributed by atoms with van der Waals surface area (Å²) >= 11 is 0. The van der Waals surface area contributed by atoms with Gasteiger partial charge in [0.1, 0.15) is 5.76 Å². The average Bonchev–Trinajstić information content (AvgIpc) is 2.95. The van der Waals surface area contributed by atoms with Crippen molar-refractivity contribution in [2.24, 2.45) is 0 Å². The van der Waals surface area contributed by atoms with Gasteiger partial charge in [-0.2, -0.15) is 0 Å². The molecule has 2 heterocycles. The number of carbonyl (C=O) groups is 1. The number of hydrogen-bond acceptors (Lipinski definition) is 3. The maximum absolute atomic E-state index is 12.3. The zero-order valence-electron chi connectivity index (χ0n) is 11.1. The summed E-state index contributed by atoms with van der Waals surface area (Å²) in [7, 11) is 0. The second-order valence-electron chi connectivity index (χ2n) is 5.03. The minimum Gasteiger partial charge on any atom is -0.361 e. The van der Waals surface area contributed by atoms with Gasteiger partial charge in [0, 0.05) is 18.3 Å². The summed E-state index contributed by atoms with van der Waals surface area (Å²) in [6, 6.07) is 8.04. The molecule has 0 fully saturated rings. The Bertz CT molecular complexity index is 631. The van der Waals surface area contributed by atoms with Crippen molar-refractivity contribution in [1.29, 1.82) is 0 Å². The molecule has 3 rings (SSSR count). The molecule has 4 nitrogen and oxygen atoms in total. The molecule has 98 valence electrons. The monoisotopic (exact) mass is 256 g/mol. The van der Waals surface area contributed by atoms with Crippen molar-refractivity contribution in [2.75, 3.05) is 11.4 Å². The highest BCUT2D eigenvalue weighted by Gasteiger charge is 2.25. The van der Waals surface area contributed by atoms with E-state index in [1.54, 1.807) is 0 Å². The Kier molecular flexibility index (Phi) is 2.85. The molecule has 1 aliphatic rings. The van der Waals surface area contributed by atoms with Gasteiger partial charge in [-0.05, 0) is 31.9 Å². The predicted octanol–water partition coefficient (Wildman–Crippen LogP) is 2.42. The van der Waals surface area contributed by atoms with Crippen molar-refractivity contribution in [3.63, 3.8) is 0 Å². The van der Waals surface area contributed by atoms with Crippen molar-refractivity contribution < 1.29 is 9.32 Å². The van der Waals surface area contributed by atoms with E-state index in [2.05, 4.69) is 18.1 Å². The van der Waals surface area contributed by atoms with Crippen molar-refractivity contribution in [1.82, 2.24) is 5.16 Å². The van der Waals surface area contributed by atoms with Gasteiger partial charge < -0.3 is 9.42 Å². The first kappa shape index (κ1) is 12.0. The molecule has 0 aliphatic carbocycles. The van der Waals surface area contributed by atoms with Gasteiger partial charge in [0.25, 0.3) is 0 Å². The number of nitrogens with zero attached hydrogens (tertiary/aromatic N) is 2. The Labute approximate surface area is 112 Å². The molecule has 19 heavy (non-hydrogen) atoms. The first-order valence-corrected chi connectivity index (χ1v) is 6.45. The predicted molar refractivity (Wildman–Crippen MR) is 72.2 cm³/mol. The van der Waals surface area contributed by atoms with Crippen LogP contribution in [0.4, 0.5) is 5.69 Å². The number of aryl methyl sites for hydroxylation is 2. The van der Waals surface area contributed by atoms with Crippen molar-refractivity contribution in [3.8, 4) is 0 Å². The van der Waals surface area contributed by atoms with Crippen molar-refractivity contribution in [2.45, 2.75) is 26.7 Å². The largest absolute Gasteiger partial charge is 0.361 e. The Hall–Kier alpha value is -2.10. The van der Waals surface area contributed by atoms with Crippen LogP contribution in [0.1, 0.15) is 22.6 Å². The lowest BCUT2D eigenvalue weighted by Crippen LogP contribution is -2.30. The fraction of sp³-hybridized carbons (Fsp3) is 0.333. The second kappa shape index (κ2) is 4.53. The molecule has 4 heteroatoms. The van der Waals surface area contributed by atoms with Gasteiger partial charge in [-0.3, -0.25) is 4.79 Å². The Balaban J connectivity index is 1.79. The van der Waals surface area contributed by atoms with Crippen LogP contribution in [0.15, 0.2) is 28.8 Å². The summed E-state index contributed by atoms with van der Waals surface area (Å²) < 4.78 is 4.99. The first-order chi connectivity index (χ1) is 9.13. The van der Waals surface area contributed by atoms with E-state index in [-0.39, 0.29) is 5.91 Å². The van der Waals surface area contributed by atoms with E-state index < -0.39 is 0 Å². The zero-order valence-corrected chi connectivity index (χ0v) is 11.1. The lowest BCUT2D eigenvalue weighted by molar-refractivity contribution is -0.118. The number of carbonyl (C=O) groups excluding carboxylic acids is 1. The van der Waals surface area contributed by atoms with Crippen molar-refractivity contribution >= 4 is 11.6 Å². The third-order valence-corrected chi connectivity index (χ3v) is 3.44. The van der Waals surface area contributed by atoms with E-state index in [0.29, 0.717) is 12.1 Å². The standard InChI is InChI=1S/C15H16N2O2/c1-10-3-4-14-12(7-10)5-6-17(14)15(18)9-13-8-11(2)19-16-13/h3-4,7-8H,5-6,9H2,1-2H3. The highest BCUT2D eigenvalue weighted by Crippen LogP contribution is 2.29. The molecular formula is C15H16N2O2. The highest BCUT2D eigenvalue weighted by molar-refractivity contribution is 5.96. The molecule has 0 atom stereocenters. The molecule has 0 saturated heterocycles. The van der Waals surface area contributed by atoms with E-state index in [4.69, 9.17) is 4.52 Å². The minimum atomic E-state index is 0.0795. The van der Waals surface area contributed by atoms with E-state index in [1.165, 1.54) is 11.1 Å². The maximum atomic E-state index is 12.3. The van der Waals surface area contributed by atoms with Crippen LogP contribution < -0.4 is 4.90 Å². The van der Waals surface area contributed by atoms with Gasteiger partial charge in [0.2, 0.25) is 5.91 Å². The molecular weight excluding hydrogens is 240 g/mol.